The van der Waals surface area contributed by atoms with E-state index in [1.54, 1.807) is 72.8 Å². The molecule has 0 aromatic heterocycles. The number of benzene rings is 3. The van der Waals surface area contributed by atoms with Gasteiger partial charge in [-0.25, -0.2) is 8.42 Å². The number of carbonyl (C=O) groups is 2. The topological polar surface area (TPSA) is 105 Å². The Morgan fingerprint density at radius 2 is 1.69 bits per heavy atom. The Kier molecular flexibility index (Phi) is 7.07. The normalized spacial score (nSPS) is 13.1. The molecule has 9 heteroatoms. The van der Waals surface area contributed by atoms with Crippen molar-refractivity contribution in [2.45, 2.75) is 30.7 Å². The second-order valence-electron chi connectivity index (χ2n) is 8.44. The van der Waals surface area contributed by atoms with E-state index in [1.807, 2.05) is 6.92 Å². The Balaban J connectivity index is 1.32. The summed E-state index contributed by atoms with van der Waals surface area (Å²) in [5.41, 5.74) is 2.42. The number of anilines is 2. The molecule has 0 bridgehead atoms. The smallest absolute Gasteiger partial charge is 0.264 e. The van der Waals surface area contributed by atoms with Crippen LogP contribution in [0.1, 0.15) is 28.8 Å². The van der Waals surface area contributed by atoms with Gasteiger partial charge in [0, 0.05) is 24.3 Å². The van der Waals surface area contributed by atoms with Gasteiger partial charge in [0.05, 0.1) is 10.6 Å². The van der Waals surface area contributed by atoms with Crippen molar-refractivity contribution >= 4 is 33.2 Å². The molecule has 0 heterocycles. The number of aryl methyl sites for hydroxylation is 1. The van der Waals surface area contributed by atoms with Crippen molar-refractivity contribution in [1.29, 1.82) is 0 Å². The first-order valence-corrected chi connectivity index (χ1v) is 12.7. The van der Waals surface area contributed by atoms with E-state index in [0.717, 1.165) is 18.4 Å². The van der Waals surface area contributed by atoms with E-state index < -0.39 is 10.0 Å². The predicted octanol–water partition coefficient (Wildman–Crippen LogP) is 3.73. The van der Waals surface area contributed by atoms with Gasteiger partial charge in [0.15, 0.2) is 6.61 Å². The predicted molar refractivity (Wildman–Crippen MR) is 134 cm³/mol. The van der Waals surface area contributed by atoms with E-state index in [9.17, 15) is 18.0 Å². The van der Waals surface area contributed by atoms with Crippen LogP contribution in [0, 0.1) is 6.92 Å². The highest BCUT2D eigenvalue weighted by Crippen LogP contribution is 2.25. The average molecular weight is 494 g/mol. The number of rotatable bonds is 9. The molecule has 1 saturated carbocycles. The standard InChI is InChI=1S/C26H27N3O5S/c1-18-6-14-24(15-7-18)35(32,33)29(2)22-10-12-23(13-11-22)34-17-25(30)27-21-5-3-4-19(16-21)26(31)28-20-8-9-20/h3-7,10-16,20H,8-9,17H2,1-2H3,(H,27,30)(H,28,31). The van der Waals surface area contributed by atoms with E-state index in [0.29, 0.717) is 22.7 Å². The summed E-state index contributed by atoms with van der Waals surface area (Å²) >= 11 is 0. The van der Waals surface area contributed by atoms with Gasteiger partial charge in [0.25, 0.3) is 21.8 Å². The number of carbonyl (C=O) groups excluding carboxylic acids is 2. The number of nitrogens with zero attached hydrogens (tertiary/aromatic N) is 1. The van der Waals surface area contributed by atoms with Crippen molar-refractivity contribution in [3.05, 3.63) is 83.9 Å². The molecule has 0 aliphatic heterocycles. The van der Waals surface area contributed by atoms with Crippen molar-refractivity contribution in [2.75, 3.05) is 23.3 Å². The fourth-order valence-corrected chi connectivity index (χ4v) is 4.54. The molecule has 0 unspecified atom stereocenters. The molecule has 1 aliphatic rings. The molecular weight excluding hydrogens is 466 g/mol. The van der Waals surface area contributed by atoms with Gasteiger partial charge >= 0.3 is 0 Å². The molecule has 182 valence electrons. The van der Waals surface area contributed by atoms with Gasteiger partial charge in [0.1, 0.15) is 5.75 Å². The summed E-state index contributed by atoms with van der Waals surface area (Å²) in [5, 5.41) is 5.63. The number of amides is 2. The van der Waals surface area contributed by atoms with Gasteiger partial charge in [-0.05, 0) is 74.4 Å². The number of ether oxygens (including phenoxy) is 1. The van der Waals surface area contributed by atoms with E-state index in [1.165, 1.54) is 11.4 Å². The van der Waals surface area contributed by atoms with Gasteiger partial charge in [-0.3, -0.25) is 13.9 Å². The fraction of sp³-hybridized carbons (Fsp3) is 0.231. The molecular formula is C26H27N3O5S. The molecule has 0 radical (unpaired) electrons. The lowest BCUT2D eigenvalue weighted by Gasteiger charge is -2.20. The number of nitrogens with one attached hydrogen (secondary N) is 2. The molecule has 3 aromatic rings. The highest BCUT2D eigenvalue weighted by atomic mass is 32.2. The zero-order chi connectivity index (χ0) is 25.0. The van der Waals surface area contributed by atoms with Crippen LogP contribution in [0.15, 0.2) is 77.7 Å². The van der Waals surface area contributed by atoms with Crippen LogP contribution in [0.3, 0.4) is 0 Å². The fourth-order valence-electron chi connectivity index (χ4n) is 3.34. The van der Waals surface area contributed by atoms with Gasteiger partial charge in [-0.2, -0.15) is 0 Å². The lowest BCUT2D eigenvalue weighted by Crippen LogP contribution is -2.26. The maximum absolute atomic E-state index is 12.9. The monoisotopic (exact) mass is 493 g/mol. The zero-order valence-electron chi connectivity index (χ0n) is 19.5. The van der Waals surface area contributed by atoms with E-state index >= 15 is 0 Å². The molecule has 1 aliphatic carbocycles. The minimum Gasteiger partial charge on any atom is -0.484 e. The van der Waals surface area contributed by atoms with Gasteiger partial charge in [0.2, 0.25) is 0 Å². The van der Waals surface area contributed by atoms with Crippen molar-refractivity contribution in [3.63, 3.8) is 0 Å². The summed E-state index contributed by atoms with van der Waals surface area (Å²) < 4.78 is 32.4. The molecule has 3 aromatic carbocycles. The van der Waals surface area contributed by atoms with Crippen LogP contribution in [0.25, 0.3) is 0 Å². The third kappa shape index (κ3) is 6.19. The molecule has 8 nitrogen and oxygen atoms in total. The summed E-state index contributed by atoms with van der Waals surface area (Å²) in [5.74, 6) is -0.121. The highest BCUT2D eigenvalue weighted by molar-refractivity contribution is 7.92. The number of hydrogen-bond donors (Lipinski definition) is 2. The van der Waals surface area contributed by atoms with Crippen LogP contribution in [-0.2, 0) is 14.8 Å². The van der Waals surface area contributed by atoms with Gasteiger partial charge in [-0.15, -0.1) is 0 Å². The van der Waals surface area contributed by atoms with Crippen molar-refractivity contribution in [3.8, 4) is 5.75 Å². The average Bonchev–Trinajstić information content (AvgIpc) is 3.67. The molecule has 4 rings (SSSR count). The van der Waals surface area contributed by atoms with Crippen molar-refractivity contribution in [1.82, 2.24) is 5.32 Å². The number of hydrogen-bond acceptors (Lipinski definition) is 5. The Labute approximate surface area is 205 Å². The first kappa shape index (κ1) is 24.3. The van der Waals surface area contributed by atoms with E-state index in [-0.39, 0.29) is 29.4 Å². The van der Waals surface area contributed by atoms with Crippen LogP contribution < -0.4 is 19.7 Å². The lowest BCUT2D eigenvalue weighted by molar-refractivity contribution is -0.118. The van der Waals surface area contributed by atoms with E-state index in [2.05, 4.69) is 10.6 Å². The van der Waals surface area contributed by atoms with Crippen LogP contribution in [0.2, 0.25) is 0 Å². The summed E-state index contributed by atoms with van der Waals surface area (Å²) in [7, 11) is -2.21. The maximum atomic E-state index is 12.9. The second kappa shape index (κ2) is 10.2. The minimum atomic E-state index is -3.70. The Hall–Kier alpha value is -3.85. The zero-order valence-corrected chi connectivity index (χ0v) is 20.3. The van der Waals surface area contributed by atoms with Crippen LogP contribution in [-0.4, -0.2) is 39.9 Å². The minimum absolute atomic E-state index is 0.158. The Morgan fingerprint density at radius 1 is 1.00 bits per heavy atom. The largest absolute Gasteiger partial charge is 0.484 e. The quantitative estimate of drug-likeness (QED) is 0.473. The van der Waals surface area contributed by atoms with Gasteiger partial charge < -0.3 is 15.4 Å². The lowest BCUT2D eigenvalue weighted by atomic mass is 10.2. The third-order valence-electron chi connectivity index (χ3n) is 5.57. The van der Waals surface area contributed by atoms with Gasteiger partial charge in [-0.1, -0.05) is 23.8 Å². The molecule has 35 heavy (non-hydrogen) atoms. The Morgan fingerprint density at radius 3 is 2.34 bits per heavy atom. The second-order valence-corrected chi connectivity index (χ2v) is 10.4. The van der Waals surface area contributed by atoms with Crippen LogP contribution in [0.4, 0.5) is 11.4 Å². The summed E-state index contributed by atoms with van der Waals surface area (Å²) in [6.07, 6.45) is 2.00. The molecule has 1 fully saturated rings. The molecule has 2 N–H and O–H groups in total. The first-order chi connectivity index (χ1) is 16.7. The molecule has 0 spiro atoms. The van der Waals surface area contributed by atoms with Crippen molar-refractivity contribution < 1.29 is 22.7 Å². The summed E-state index contributed by atoms with van der Waals surface area (Å²) in [6.45, 7) is 1.65. The van der Waals surface area contributed by atoms with Crippen LogP contribution in [0.5, 0.6) is 5.75 Å². The Bertz CT molecular complexity index is 1320. The molecule has 2 amide bonds. The SMILES string of the molecule is Cc1ccc(S(=O)(=O)N(C)c2ccc(OCC(=O)Nc3cccc(C(=O)NC4CC4)c3)cc2)cc1. The number of sulfonamides is 1. The molecule has 0 saturated heterocycles. The van der Waals surface area contributed by atoms with Crippen LogP contribution >= 0.6 is 0 Å². The van der Waals surface area contributed by atoms with E-state index in [4.69, 9.17) is 4.74 Å². The maximum Gasteiger partial charge on any atom is 0.264 e. The summed E-state index contributed by atoms with van der Waals surface area (Å²) in [6, 6.07) is 20.1. The third-order valence-corrected chi connectivity index (χ3v) is 7.37. The van der Waals surface area contributed by atoms with Crippen molar-refractivity contribution in [2.24, 2.45) is 0 Å². The molecule has 0 atom stereocenters. The summed E-state index contributed by atoms with van der Waals surface area (Å²) in [4.78, 5) is 24.7. The highest BCUT2D eigenvalue weighted by Gasteiger charge is 2.24. The first-order valence-electron chi connectivity index (χ1n) is 11.2.